The fourth-order valence-electron chi connectivity index (χ4n) is 3.95. The van der Waals surface area contributed by atoms with E-state index in [2.05, 4.69) is 66.4 Å². The number of halogens is 1. The van der Waals surface area contributed by atoms with Crippen LogP contribution in [-0.2, 0) is 11.8 Å². The molecular formula is C22H34ClN5O. The van der Waals surface area contributed by atoms with Crippen LogP contribution in [0, 0.1) is 0 Å². The summed E-state index contributed by atoms with van der Waals surface area (Å²) in [6.07, 6.45) is 3.77. The molecule has 2 heterocycles. The summed E-state index contributed by atoms with van der Waals surface area (Å²) in [4.78, 5) is 19.8. The van der Waals surface area contributed by atoms with Crippen LogP contribution in [0.3, 0.4) is 0 Å². The van der Waals surface area contributed by atoms with E-state index in [9.17, 15) is 4.79 Å². The SMILES string of the molecule is CC(C)c1cccc(C(C)C)c1NC(=O)CN1CCNCC1c1nccn1C.Cl. The van der Waals surface area contributed by atoms with Gasteiger partial charge in [0.05, 0.1) is 12.6 Å². The Hall–Kier alpha value is -1.89. The molecule has 0 saturated carbocycles. The van der Waals surface area contributed by atoms with E-state index in [1.165, 1.54) is 11.1 Å². The van der Waals surface area contributed by atoms with Gasteiger partial charge in [0.15, 0.2) is 0 Å². The molecule has 160 valence electrons. The number of carbonyl (C=O) groups is 1. The molecule has 2 N–H and O–H groups in total. The van der Waals surface area contributed by atoms with Crippen molar-refractivity contribution in [3.8, 4) is 0 Å². The van der Waals surface area contributed by atoms with Crippen LogP contribution >= 0.6 is 12.4 Å². The van der Waals surface area contributed by atoms with Gasteiger partial charge < -0.3 is 15.2 Å². The lowest BCUT2D eigenvalue weighted by molar-refractivity contribution is -0.118. The molecule has 6 nitrogen and oxygen atoms in total. The van der Waals surface area contributed by atoms with Gasteiger partial charge in [0, 0.05) is 44.8 Å². The number of hydrogen-bond donors (Lipinski definition) is 2. The van der Waals surface area contributed by atoms with E-state index in [0.717, 1.165) is 31.1 Å². The fourth-order valence-corrected chi connectivity index (χ4v) is 3.95. The van der Waals surface area contributed by atoms with Gasteiger partial charge in [-0.25, -0.2) is 4.98 Å². The molecule has 1 atom stereocenters. The molecule has 1 aromatic carbocycles. The number of imidazole rings is 1. The van der Waals surface area contributed by atoms with Crippen molar-refractivity contribution >= 4 is 24.0 Å². The Morgan fingerprint density at radius 2 is 1.90 bits per heavy atom. The first kappa shape index (κ1) is 23.4. The van der Waals surface area contributed by atoms with Crippen molar-refractivity contribution in [2.75, 3.05) is 31.5 Å². The van der Waals surface area contributed by atoms with Crippen molar-refractivity contribution < 1.29 is 4.79 Å². The Labute approximate surface area is 180 Å². The maximum atomic E-state index is 13.0. The molecule has 1 aromatic heterocycles. The van der Waals surface area contributed by atoms with Crippen LogP contribution in [0.2, 0.25) is 0 Å². The molecule has 0 radical (unpaired) electrons. The zero-order chi connectivity index (χ0) is 20.3. The summed E-state index contributed by atoms with van der Waals surface area (Å²) in [5.41, 5.74) is 3.38. The Bertz CT molecular complexity index is 791. The van der Waals surface area contributed by atoms with Gasteiger partial charge >= 0.3 is 0 Å². The second-order valence-electron chi connectivity index (χ2n) is 8.26. The molecule has 1 amide bonds. The average Bonchev–Trinajstić information content (AvgIpc) is 3.07. The van der Waals surface area contributed by atoms with Crippen molar-refractivity contribution in [2.45, 2.75) is 45.6 Å². The van der Waals surface area contributed by atoms with Crippen molar-refractivity contribution in [1.82, 2.24) is 19.8 Å². The van der Waals surface area contributed by atoms with E-state index in [0.29, 0.717) is 18.4 Å². The maximum Gasteiger partial charge on any atom is 0.238 e. The number of aryl methyl sites for hydroxylation is 1. The summed E-state index contributed by atoms with van der Waals surface area (Å²) < 4.78 is 2.04. The topological polar surface area (TPSA) is 62.2 Å². The molecule has 0 spiro atoms. The van der Waals surface area contributed by atoms with Crippen molar-refractivity contribution in [3.05, 3.63) is 47.5 Å². The number of amides is 1. The van der Waals surface area contributed by atoms with Gasteiger partial charge in [-0.15, -0.1) is 12.4 Å². The summed E-state index contributed by atoms with van der Waals surface area (Å²) >= 11 is 0. The first-order valence-electron chi connectivity index (χ1n) is 10.2. The van der Waals surface area contributed by atoms with Crippen LogP contribution in [0.5, 0.6) is 0 Å². The second-order valence-corrected chi connectivity index (χ2v) is 8.26. The molecular weight excluding hydrogens is 386 g/mol. The van der Waals surface area contributed by atoms with Crippen LogP contribution in [0.15, 0.2) is 30.6 Å². The Morgan fingerprint density at radius 3 is 2.45 bits per heavy atom. The highest BCUT2D eigenvalue weighted by Crippen LogP contribution is 2.32. The second kappa shape index (κ2) is 10.2. The third-order valence-corrected chi connectivity index (χ3v) is 5.49. The van der Waals surface area contributed by atoms with E-state index in [-0.39, 0.29) is 24.4 Å². The monoisotopic (exact) mass is 419 g/mol. The van der Waals surface area contributed by atoms with Gasteiger partial charge in [0.1, 0.15) is 5.82 Å². The van der Waals surface area contributed by atoms with Gasteiger partial charge in [-0.1, -0.05) is 45.9 Å². The number of anilines is 1. The van der Waals surface area contributed by atoms with E-state index in [4.69, 9.17) is 0 Å². The van der Waals surface area contributed by atoms with Crippen LogP contribution in [0.4, 0.5) is 5.69 Å². The average molecular weight is 420 g/mol. The normalized spacial score (nSPS) is 17.4. The maximum absolute atomic E-state index is 13.0. The number of nitrogens with zero attached hydrogens (tertiary/aromatic N) is 3. The Morgan fingerprint density at radius 1 is 1.24 bits per heavy atom. The molecule has 7 heteroatoms. The number of benzene rings is 1. The van der Waals surface area contributed by atoms with Gasteiger partial charge in [-0.3, -0.25) is 9.69 Å². The predicted molar refractivity (Wildman–Crippen MR) is 121 cm³/mol. The van der Waals surface area contributed by atoms with Gasteiger partial charge in [-0.05, 0) is 23.0 Å². The largest absolute Gasteiger partial charge is 0.337 e. The number of hydrogen-bond acceptors (Lipinski definition) is 4. The summed E-state index contributed by atoms with van der Waals surface area (Å²) in [5, 5.41) is 6.67. The molecule has 1 unspecified atom stereocenters. The Kier molecular flexibility index (Phi) is 8.25. The highest BCUT2D eigenvalue weighted by atomic mass is 35.5. The summed E-state index contributed by atoms with van der Waals surface area (Å²) in [6, 6.07) is 6.43. The Balaban J connectivity index is 0.00000300. The molecule has 1 aliphatic rings. The molecule has 1 fully saturated rings. The van der Waals surface area contributed by atoms with E-state index >= 15 is 0 Å². The minimum atomic E-state index is 0. The summed E-state index contributed by atoms with van der Waals surface area (Å²) in [5.74, 6) is 1.74. The minimum absolute atomic E-state index is 0. The molecule has 3 rings (SSSR count). The third kappa shape index (κ3) is 5.38. The molecule has 29 heavy (non-hydrogen) atoms. The molecule has 1 aliphatic heterocycles. The quantitative estimate of drug-likeness (QED) is 0.749. The smallest absolute Gasteiger partial charge is 0.238 e. The molecule has 0 aliphatic carbocycles. The summed E-state index contributed by atoms with van der Waals surface area (Å²) in [7, 11) is 2.00. The van der Waals surface area contributed by atoms with Crippen LogP contribution in [-0.4, -0.2) is 46.5 Å². The van der Waals surface area contributed by atoms with E-state index in [1.54, 1.807) is 0 Å². The zero-order valence-corrected chi connectivity index (χ0v) is 18.9. The lowest BCUT2D eigenvalue weighted by Gasteiger charge is -2.35. The number of piperazine rings is 1. The number of rotatable bonds is 6. The lowest BCUT2D eigenvalue weighted by Crippen LogP contribution is -2.49. The van der Waals surface area contributed by atoms with Crippen molar-refractivity contribution in [1.29, 1.82) is 0 Å². The first-order valence-corrected chi connectivity index (χ1v) is 10.2. The summed E-state index contributed by atoms with van der Waals surface area (Å²) in [6.45, 7) is 11.6. The number of carbonyl (C=O) groups excluding carboxylic acids is 1. The lowest BCUT2D eigenvalue weighted by atomic mass is 9.92. The van der Waals surface area contributed by atoms with Gasteiger partial charge in [0.2, 0.25) is 5.91 Å². The highest BCUT2D eigenvalue weighted by molar-refractivity contribution is 5.94. The predicted octanol–water partition coefficient (Wildman–Crippen LogP) is 3.67. The number of aromatic nitrogens is 2. The number of para-hydroxylation sites is 1. The van der Waals surface area contributed by atoms with Crippen LogP contribution in [0.25, 0.3) is 0 Å². The van der Waals surface area contributed by atoms with E-state index < -0.39 is 0 Å². The van der Waals surface area contributed by atoms with Gasteiger partial charge in [0.25, 0.3) is 0 Å². The van der Waals surface area contributed by atoms with Crippen LogP contribution in [0.1, 0.15) is 62.5 Å². The molecule has 0 bridgehead atoms. The van der Waals surface area contributed by atoms with Crippen LogP contribution < -0.4 is 10.6 Å². The van der Waals surface area contributed by atoms with E-state index in [1.807, 2.05) is 24.0 Å². The molecule has 2 aromatic rings. The minimum Gasteiger partial charge on any atom is -0.337 e. The van der Waals surface area contributed by atoms with Crippen molar-refractivity contribution in [3.63, 3.8) is 0 Å². The highest BCUT2D eigenvalue weighted by Gasteiger charge is 2.28. The number of nitrogens with one attached hydrogen (secondary N) is 2. The molecule has 1 saturated heterocycles. The first-order chi connectivity index (χ1) is 13.4. The standard InChI is InChI=1S/C22H33N5O.ClH/c1-15(2)17-7-6-8-18(16(3)4)21(17)25-20(28)14-27-12-9-23-13-19(27)22-24-10-11-26(22)5;/h6-8,10-11,15-16,19,23H,9,12-14H2,1-5H3,(H,25,28);1H. The fraction of sp³-hybridized carbons (Fsp3) is 0.545. The van der Waals surface area contributed by atoms with Gasteiger partial charge in [-0.2, -0.15) is 0 Å². The zero-order valence-electron chi connectivity index (χ0n) is 18.1. The third-order valence-electron chi connectivity index (χ3n) is 5.49. The van der Waals surface area contributed by atoms with Crippen molar-refractivity contribution in [2.24, 2.45) is 7.05 Å².